The zero-order valence-electron chi connectivity index (χ0n) is 24.0. The van der Waals surface area contributed by atoms with E-state index < -0.39 is 5.41 Å². The SMILES string of the molecule is CCN1C(=O)C(C)(C)C(=O)N(C)c2cc(CN(CCn3ccc4ccccc4c3=O)Cc3cccc(O)c3)ccc21. The van der Waals surface area contributed by atoms with Crippen LogP contribution in [0, 0.1) is 5.41 Å². The van der Waals surface area contributed by atoms with Gasteiger partial charge in [-0.15, -0.1) is 0 Å². The second-order valence-corrected chi connectivity index (χ2v) is 11.1. The van der Waals surface area contributed by atoms with Crippen LogP contribution in [0.4, 0.5) is 11.4 Å². The number of carbonyl (C=O) groups excluding carboxylic acids is 2. The molecule has 1 aliphatic heterocycles. The number of nitrogens with zero attached hydrogens (tertiary/aromatic N) is 4. The van der Waals surface area contributed by atoms with Crippen LogP contribution >= 0.6 is 0 Å². The molecular weight excluding hydrogens is 516 g/mol. The smallest absolute Gasteiger partial charge is 0.258 e. The van der Waals surface area contributed by atoms with E-state index in [1.165, 1.54) is 0 Å². The van der Waals surface area contributed by atoms with Crippen molar-refractivity contribution in [1.82, 2.24) is 9.47 Å². The summed E-state index contributed by atoms with van der Waals surface area (Å²) in [5, 5.41) is 11.7. The molecule has 2 amide bonds. The summed E-state index contributed by atoms with van der Waals surface area (Å²) >= 11 is 0. The van der Waals surface area contributed by atoms with Gasteiger partial charge < -0.3 is 19.5 Å². The molecule has 0 saturated carbocycles. The molecule has 3 aromatic carbocycles. The Morgan fingerprint density at radius 2 is 1.56 bits per heavy atom. The van der Waals surface area contributed by atoms with E-state index in [4.69, 9.17) is 0 Å². The monoisotopic (exact) mass is 552 g/mol. The number of hydrogen-bond donors (Lipinski definition) is 1. The molecule has 1 aromatic heterocycles. The third kappa shape index (κ3) is 5.47. The summed E-state index contributed by atoms with van der Waals surface area (Å²) in [7, 11) is 1.72. The largest absolute Gasteiger partial charge is 0.508 e. The van der Waals surface area contributed by atoms with E-state index in [2.05, 4.69) is 4.90 Å². The van der Waals surface area contributed by atoms with Crippen LogP contribution in [0.5, 0.6) is 5.75 Å². The number of rotatable bonds is 8. The van der Waals surface area contributed by atoms with Gasteiger partial charge in [0.1, 0.15) is 11.2 Å². The molecule has 0 fully saturated rings. The third-order valence-corrected chi connectivity index (χ3v) is 7.89. The Morgan fingerprint density at radius 3 is 2.29 bits per heavy atom. The van der Waals surface area contributed by atoms with Gasteiger partial charge in [0, 0.05) is 51.4 Å². The number of carbonyl (C=O) groups is 2. The number of amides is 2. The van der Waals surface area contributed by atoms with E-state index in [1.807, 2.05) is 73.8 Å². The molecule has 212 valence electrons. The number of pyridine rings is 1. The molecule has 0 aliphatic carbocycles. The highest BCUT2D eigenvalue weighted by Crippen LogP contribution is 2.39. The van der Waals surface area contributed by atoms with Crippen molar-refractivity contribution in [3.63, 3.8) is 0 Å². The first-order valence-electron chi connectivity index (χ1n) is 13.9. The Morgan fingerprint density at radius 1 is 0.829 bits per heavy atom. The Hall–Kier alpha value is -4.43. The van der Waals surface area contributed by atoms with Gasteiger partial charge >= 0.3 is 0 Å². The second-order valence-electron chi connectivity index (χ2n) is 11.1. The molecule has 41 heavy (non-hydrogen) atoms. The van der Waals surface area contributed by atoms with Gasteiger partial charge in [0.25, 0.3) is 5.56 Å². The number of phenols is 1. The molecule has 5 rings (SSSR count). The number of aromatic nitrogens is 1. The minimum absolute atomic E-state index is 0.0301. The van der Waals surface area contributed by atoms with Crippen molar-refractivity contribution >= 4 is 34.0 Å². The molecule has 4 aromatic rings. The zero-order chi connectivity index (χ0) is 29.3. The fourth-order valence-corrected chi connectivity index (χ4v) is 5.59. The second kappa shape index (κ2) is 11.2. The molecule has 1 aliphatic rings. The molecule has 0 atom stereocenters. The number of aromatic hydroxyl groups is 1. The van der Waals surface area contributed by atoms with Crippen LogP contribution in [0.3, 0.4) is 0 Å². The highest BCUT2D eigenvalue weighted by molar-refractivity contribution is 6.19. The van der Waals surface area contributed by atoms with Crippen molar-refractivity contribution in [3.8, 4) is 5.75 Å². The van der Waals surface area contributed by atoms with Crippen molar-refractivity contribution in [2.45, 2.75) is 40.4 Å². The lowest BCUT2D eigenvalue weighted by Crippen LogP contribution is -2.47. The maximum atomic E-state index is 13.3. The Bertz CT molecular complexity index is 1680. The summed E-state index contributed by atoms with van der Waals surface area (Å²) in [6.07, 6.45) is 1.83. The van der Waals surface area contributed by atoms with Crippen LogP contribution in [0.25, 0.3) is 10.8 Å². The summed E-state index contributed by atoms with van der Waals surface area (Å²) in [6.45, 7) is 7.87. The Labute approximate surface area is 240 Å². The number of phenolic OH excluding ortho intramolecular Hbond substituents is 1. The lowest BCUT2D eigenvalue weighted by Gasteiger charge is -2.27. The Balaban J connectivity index is 1.46. The van der Waals surface area contributed by atoms with E-state index >= 15 is 0 Å². The summed E-state index contributed by atoms with van der Waals surface area (Å²) in [6, 6.07) is 22.6. The van der Waals surface area contributed by atoms with Gasteiger partial charge in [-0.2, -0.15) is 0 Å². The lowest BCUT2D eigenvalue weighted by molar-refractivity contribution is -0.137. The first-order valence-corrected chi connectivity index (χ1v) is 13.9. The van der Waals surface area contributed by atoms with E-state index in [9.17, 15) is 19.5 Å². The van der Waals surface area contributed by atoms with Gasteiger partial charge in [-0.25, -0.2) is 0 Å². The highest BCUT2D eigenvalue weighted by atomic mass is 16.3. The van der Waals surface area contributed by atoms with Gasteiger partial charge in [0.2, 0.25) is 11.8 Å². The summed E-state index contributed by atoms with van der Waals surface area (Å²) < 4.78 is 1.73. The van der Waals surface area contributed by atoms with Crippen LogP contribution in [0.2, 0.25) is 0 Å². The minimum atomic E-state index is -1.17. The van der Waals surface area contributed by atoms with Crippen LogP contribution in [0.15, 0.2) is 83.8 Å². The molecule has 1 N–H and O–H groups in total. The maximum absolute atomic E-state index is 13.3. The van der Waals surface area contributed by atoms with Crippen molar-refractivity contribution in [1.29, 1.82) is 0 Å². The average molecular weight is 553 g/mol. The van der Waals surface area contributed by atoms with E-state index in [1.54, 1.807) is 47.4 Å². The first-order chi connectivity index (χ1) is 19.6. The van der Waals surface area contributed by atoms with E-state index in [0.29, 0.717) is 49.5 Å². The number of benzene rings is 3. The average Bonchev–Trinajstić information content (AvgIpc) is 3.01. The van der Waals surface area contributed by atoms with Crippen molar-refractivity contribution in [2.24, 2.45) is 5.41 Å². The molecule has 8 nitrogen and oxygen atoms in total. The third-order valence-electron chi connectivity index (χ3n) is 7.89. The summed E-state index contributed by atoms with van der Waals surface area (Å²) in [5.41, 5.74) is 2.12. The molecule has 2 heterocycles. The number of fused-ring (bicyclic) bond motifs is 2. The topological polar surface area (TPSA) is 86.1 Å². The summed E-state index contributed by atoms with van der Waals surface area (Å²) in [4.78, 5) is 45.2. The molecule has 0 radical (unpaired) electrons. The van der Waals surface area contributed by atoms with Crippen molar-refractivity contribution < 1.29 is 14.7 Å². The molecule has 0 saturated heterocycles. The van der Waals surface area contributed by atoms with E-state index in [-0.39, 0.29) is 23.1 Å². The van der Waals surface area contributed by atoms with Gasteiger partial charge in [0.05, 0.1) is 11.4 Å². The van der Waals surface area contributed by atoms with Gasteiger partial charge in [-0.3, -0.25) is 19.3 Å². The number of anilines is 2. The first kappa shape index (κ1) is 28.1. The molecular formula is C33H36N4O4. The van der Waals surface area contributed by atoms with E-state index in [0.717, 1.165) is 16.5 Å². The quantitative estimate of drug-likeness (QED) is 0.319. The number of hydrogen-bond acceptors (Lipinski definition) is 5. The lowest BCUT2D eigenvalue weighted by atomic mass is 9.90. The van der Waals surface area contributed by atoms with Crippen LogP contribution < -0.4 is 15.4 Å². The molecule has 8 heteroatoms. The summed E-state index contributed by atoms with van der Waals surface area (Å²) in [5.74, 6) is -0.260. The maximum Gasteiger partial charge on any atom is 0.258 e. The van der Waals surface area contributed by atoms with Crippen LogP contribution in [0.1, 0.15) is 31.9 Å². The fraction of sp³-hybridized carbons (Fsp3) is 0.303. The van der Waals surface area contributed by atoms with Gasteiger partial charge in [-0.1, -0.05) is 36.4 Å². The molecule has 0 unspecified atom stereocenters. The Kier molecular flexibility index (Phi) is 7.69. The molecule has 0 spiro atoms. The van der Waals surface area contributed by atoms with Crippen LogP contribution in [-0.2, 0) is 29.2 Å². The fourth-order valence-electron chi connectivity index (χ4n) is 5.59. The predicted molar refractivity (Wildman–Crippen MR) is 162 cm³/mol. The zero-order valence-corrected chi connectivity index (χ0v) is 24.0. The normalized spacial score (nSPS) is 15.0. The van der Waals surface area contributed by atoms with Crippen molar-refractivity contribution in [2.75, 3.05) is 29.9 Å². The van der Waals surface area contributed by atoms with Gasteiger partial charge in [0.15, 0.2) is 0 Å². The highest BCUT2D eigenvalue weighted by Gasteiger charge is 2.45. The molecule has 0 bridgehead atoms. The standard InChI is InChI=1S/C33H36N4O4/c1-5-37-28-14-13-24(20-29(28)34(4)31(40)33(2,3)32(37)41)22-35(21-23-9-8-11-26(38)19-23)17-18-36-16-15-25-10-6-7-12-27(25)30(36)39/h6-16,19-20,38H,5,17-18,21-22H2,1-4H3. The minimum Gasteiger partial charge on any atom is -0.508 e. The van der Waals surface area contributed by atoms with Crippen molar-refractivity contribution in [3.05, 3.63) is 100 Å². The van der Waals surface area contributed by atoms with Gasteiger partial charge in [-0.05, 0) is 73.7 Å². The van der Waals surface area contributed by atoms with Crippen LogP contribution in [-0.4, -0.2) is 46.5 Å². The predicted octanol–water partition coefficient (Wildman–Crippen LogP) is 4.77.